The molecular formula is C19H16N2O3S. The van der Waals surface area contributed by atoms with Crippen molar-refractivity contribution in [2.45, 2.75) is 0 Å². The SMILES string of the molecule is C=CCN1C(=O)C(=Cc2ccc(OC)c3ccccc23)C(=O)NC1=S. The average molecular weight is 352 g/mol. The summed E-state index contributed by atoms with van der Waals surface area (Å²) in [5.41, 5.74) is 0.784. The Labute approximate surface area is 150 Å². The molecule has 1 heterocycles. The van der Waals surface area contributed by atoms with Gasteiger partial charge in [-0.05, 0) is 35.3 Å². The first-order valence-electron chi connectivity index (χ1n) is 7.62. The van der Waals surface area contributed by atoms with E-state index in [0.29, 0.717) is 0 Å². The van der Waals surface area contributed by atoms with Crippen LogP contribution in [0, 0.1) is 0 Å². The summed E-state index contributed by atoms with van der Waals surface area (Å²) >= 11 is 5.06. The van der Waals surface area contributed by atoms with E-state index in [1.54, 1.807) is 19.3 Å². The lowest BCUT2D eigenvalue weighted by atomic mass is 10.0. The van der Waals surface area contributed by atoms with Crippen LogP contribution in [0.5, 0.6) is 5.75 Å². The van der Waals surface area contributed by atoms with E-state index >= 15 is 0 Å². The smallest absolute Gasteiger partial charge is 0.265 e. The minimum absolute atomic E-state index is 0.0331. The summed E-state index contributed by atoms with van der Waals surface area (Å²) in [6.45, 7) is 3.85. The molecule has 0 aliphatic carbocycles. The summed E-state index contributed by atoms with van der Waals surface area (Å²) in [6.07, 6.45) is 3.14. The zero-order valence-corrected chi connectivity index (χ0v) is 14.4. The molecule has 1 fully saturated rings. The Bertz CT molecular complexity index is 933. The van der Waals surface area contributed by atoms with Gasteiger partial charge in [-0.2, -0.15) is 0 Å². The molecule has 5 nitrogen and oxygen atoms in total. The van der Waals surface area contributed by atoms with E-state index in [-0.39, 0.29) is 17.2 Å². The summed E-state index contributed by atoms with van der Waals surface area (Å²) in [5, 5.41) is 4.42. The fourth-order valence-electron chi connectivity index (χ4n) is 2.74. The van der Waals surface area contributed by atoms with Crippen molar-refractivity contribution >= 4 is 46.0 Å². The van der Waals surface area contributed by atoms with Crippen LogP contribution < -0.4 is 10.1 Å². The summed E-state index contributed by atoms with van der Waals surface area (Å²) < 4.78 is 5.37. The number of amides is 2. The summed E-state index contributed by atoms with van der Waals surface area (Å²) in [4.78, 5) is 26.2. The summed E-state index contributed by atoms with van der Waals surface area (Å²) in [7, 11) is 1.60. The standard InChI is InChI=1S/C19H16N2O3S/c1-3-10-21-18(23)15(17(22)20-19(21)25)11-12-8-9-16(24-2)14-7-5-4-6-13(12)14/h3-9,11H,1,10H2,2H3,(H,20,22,25). The lowest BCUT2D eigenvalue weighted by molar-refractivity contribution is -0.128. The highest BCUT2D eigenvalue weighted by Crippen LogP contribution is 2.30. The van der Waals surface area contributed by atoms with Gasteiger partial charge < -0.3 is 4.74 Å². The van der Waals surface area contributed by atoms with Crippen LogP contribution in [0.25, 0.3) is 16.8 Å². The number of thiocarbonyl (C=S) groups is 1. The minimum atomic E-state index is -0.504. The van der Waals surface area contributed by atoms with Crippen LogP contribution in [0.2, 0.25) is 0 Å². The Morgan fingerprint density at radius 2 is 1.92 bits per heavy atom. The van der Waals surface area contributed by atoms with Gasteiger partial charge in [0.05, 0.1) is 7.11 Å². The van der Waals surface area contributed by atoms with Crippen molar-refractivity contribution in [2.24, 2.45) is 0 Å². The molecule has 0 aromatic heterocycles. The molecule has 0 atom stereocenters. The second-order valence-electron chi connectivity index (χ2n) is 5.42. The van der Waals surface area contributed by atoms with Crippen molar-refractivity contribution in [3.8, 4) is 5.75 Å². The molecule has 25 heavy (non-hydrogen) atoms. The summed E-state index contributed by atoms with van der Waals surface area (Å²) in [5.74, 6) is -0.213. The van der Waals surface area contributed by atoms with Gasteiger partial charge in [0.15, 0.2) is 5.11 Å². The first-order valence-corrected chi connectivity index (χ1v) is 8.03. The second-order valence-corrected chi connectivity index (χ2v) is 5.81. The topological polar surface area (TPSA) is 58.6 Å². The Morgan fingerprint density at radius 1 is 1.20 bits per heavy atom. The number of methoxy groups -OCH3 is 1. The number of carbonyl (C=O) groups is 2. The molecule has 126 valence electrons. The Kier molecular flexibility index (Phi) is 4.63. The Morgan fingerprint density at radius 3 is 2.60 bits per heavy atom. The van der Waals surface area contributed by atoms with Crippen molar-refractivity contribution in [3.63, 3.8) is 0 Å². The molecule has 0 bridgehead atoms. The molecule has 6 heteroatoms. The van der Waals surface area contributed by atoms with Gasteiger partial charge in [0, 0.05) is 11.9 Å². The van der Waals surface area contributed by atoms with Crippen LogP contribution in [-0.4, -0.2) is 35.5 Å². The third-order valence-electron chi connectivity index (χ3n) is 3.94. The zero-order valence-electron chi connectivity index (χ0n) is 13.6. The third-order valence-corrected chi connectivity index (χ3v) is 4.26. The highest BCUT2D eigenvalue weighted by molar-refractivity contribution is 7.80. The van der Waals surface area contributed by atoms with E-state index in [1.807, 2.05) is 36.4 Å². The van der Waals surface area contributed by atoms with Crippen LogP contribution in [0.15, 0.2) is 54.6 Å². The molecule has 1 N–H and O–H groups in total. The quantitative estimate of drug-likeness (QED) is 0.398. The van der Waals surface area contributed by atoms with Crippen LogP contribution in [0.3, 0.4) is 0 Å². The van der Waals surface area contributed by atoms with Gasteiger partial charge >= 0.3 is 0 Å². The first-order chi connectivity index (χ1) is 12.1. The predicted molar refractivity (Wildman–Crippen MR) is 101 cm³/mol. The molecule has 0 saturated carbocycles. The molecule has 1 saturated heterocycles. The van der Waals surface area contributed by atoms with E-state index in [1.165, 1.54) is 4.90 Å². The Hall–Kier alpha value is -2.99. The number of nitrogens with one attached hydrogen (secondary N) is 1. The maximum atomic E-state index is 12.6. The molecule has 1 aliphatic rings. The summed E-state index contributed by atoms with van der Waals surface area (Å²) in [6, 6.07) is 11.3. The van der Waals surface area contributed by atoms with Crippen LogP contribution in [-0.2, 0) is 9.59 Å². The van der Waals surface area contributed by atoms with Gasteiger partial charge in [0.1, 0.15) is 11.3 Å². The number of hydrogen-bond donors (Lipinski definition) is 1. The van der Waals surface area contributed by atoms with E-state index in [9.17, 15) is 9.59 Å². The number of nitrogens with zero attached hydrogens (tertiary/aromatic N) is 1. The van der Waals surface area contributed by atoms with E-state index in [4.69, 9.17) is 17.0 Å². The van der Waals surface area contributed by atoms with Gasteiger partial charge in [-0.15, -0.1) is 6.58 Å². The monoisotopic (exact) mass is 352 g/mol. The molecule has 2 aromatic rings. The first kappa shape index (κ1) is 16.9. The van der Waals surface area contributed by atoms with Crippen LogP contribution in [0.4, 0.5) is 0 Å². The largest absolute Gasteiger partial charge is 0.496 e. The van der Waals surface area contributed by atoms with E-state index in [2.05, 4.69) is 11.9 Å². The van der Waals surface area contributed by atoms with Gasteiger partial charge in [0.25, 0.3) is 11.8 Å². The molecule has 0 unspecified atom stereocenters. The minimum Gasteiger partial charge on any atom is -0.496 e. The lowest BCUT2D eigenvalue weighted by Gasteiger charge is -2.27. The number of fused-ring (bicyclic) bond motifs is 1. The molecule has 0 spiro atoms. The van der Waals surface area contributed by atoms with Gasteiger partial charge in [0.2, 0.25) is 0 Å². The van der Waals surface area contributed by atoms with Crippen molar-refractivity contribution in [2.75, 3.05) is 13.7 Å². The highest BCUT2D eigenvalue weighted by atomic mass is 32.1. The highest BCUT2D eigenvalue weighted by Gasteiger charge is 2.32. The molecule has 2 amide bonds. The van der Waals surface area contributed by atoms with E-state index < -0.39 is 11.8 Å². The third kappa shape index (κ3) is 3.04. The van der Waals surface area contributed by atoms with Gasteiger partial charge in [-0.25, -0.2) is 0 Å². The average Bonchev–Trinajstić information content (AvgIpc) is 2.62. The van der Waals surface area contributed by atoms with Crippen molar-refractivity contribution in [1.29, 1.82) is 0 Å². The molecular weight excluding hydrogens is 336 g/mol. The molecule has 0 radical (unpaired) electrons. The molecule has 2 aromatic carbocycles. The second kappa shape index (κ2) is 6.86. The fraction of sp³-hybridized carbons (Fsp3) is 0.105. The number of benzene rings is 2. The fourth-order valence-corrected chi connectivity index (χ4v) is 2.99. The number of rotatable bonds is 4. The zero-order chi connectivity index (χ0) is 18.0. The van der Waals surface area contributed by atoms with E-state index in [0.717, 1.165) is 22.1 Å². The van der Waals surface area contributed by atoms with Crippen molar-refractivity contribution < 1.29 is 14.3 Å². The molecule has 1 aliphatic heterocycles. The number of carbonyl (C=O) groups excluding carboxylic acids is 2. The maximum absolute atomic E-state index is 12.6. The number of ether oxygens (including phenoxy) is 1. The van der Waals surface area contributed by atoms with Crippen LogP contribution >= 0.6 is 12.2 Å². The van der Waals surface area contributed by atoms with Crippen molar-refractivity contribution in [3.05, 3.63) is 60.2 Å². The normalized spacial score (nSPS) is 16.3. The molecule has 3 rings (SSSR count). The van der Waals surface area contributed by atoms with Crippen LogP contribution in [0.1, 0.15) is 5.56 Å². The van der Waals surface area contributed by atoms with Gasteiger partial charge in [-0.1, -0.05) is 36.4 Å². The predicted octanol–water partition coefficient (Wildman–Crippen LogP) is 2.66. The van der Waals surface area contributed by atoms with Gasteiger partial charge in [-0.3, -0.25) is 19.8 Å². The number of hydrogen-bond acceptors (Lipinski definition) is 4. The van der Waals surface area contributed by atoms with Crippen molar-refractivity contribution in [1.82, 2.24) is 10.2 Å². The maximum Gasteiger partial charge on any atom is 0.265 e. The lowest BCUT2D eigenvalue weighted by Crippen LogP contribution is -2.53. The Balaban J connectivity index is 2.12.